The van der Waals surface area contributed by atoms with Gasteiger partial charge in [-0.2, -0.15) is 0 Å². The van der Waals surface area contributed by atoms with E-state index in [1.54, 1.807) is 30.3 Å². The summed E-state index contributed by atoms with van der Waals surface area (Å²) < 4.78 is 16.0. The first-order valence-corrected chi connectivity index (χ1v) is 11.8. The lowest BCUT2D eigenvalue weighted by molar-refractivity contribution is -0.146. The van der Waals surface area contributed by atoms with Crippen LogP contribution in [0.5, 0.6) is 11.5 Å². The zero-order chi connectivity index (χ0) is 25.2. The fourth-order valence-corrected chi connectivity index (χ4v) is 3.89. The lowest BCUT2D eigenvalue weighted by atomic mass is 10.2. The quantitative estimate of drug-likeness (QED) is 0.280. The normalized spacial score (nSPS) is 14.2. The van der Waals surface area contributed by atoms with E-state index < -0.39 is 23.7 Å². The molecule has 3 rings (SSSR count). The Morgan fingerprint density at radius 2 is 1.86 bits per heavy atom. The largest absolute Gasteiger partial charge is 0.493 e. The number of imide groups is 1. The van der Waals surface area contributed by atoms with Crippen LogP contribution in [0.1, 0.15) is 25.3 Å². The van der Waals surface area contributed by atoms with Gasteiger partial charge in [-0.15, -0.1) is 0 Å². The minimum absolute atomic E-state index is 0.175. The minimum Gasteiger partial charge on any atom is -0.493 e. The molecule has 35 heavy (non-hydrogen) atoms. The number of hydrogen-bond donors (Lipinski definition) is 1. The maximum atomic E-state index is 12.6. The average Bonchev–Trinajstić information content (AvgIpc) is 3.11. The van der Waals surface area contributed by atoms with Gasteiger partial charge in [0.1, 0.15) is 6.54 Å². The van der Waals surface area contributed by atoms with Crippen molar-refractivity contribution in [3.63, 3.8) is 0 Å². The van der Waals surface area contributed by atoms with Crippen molar-refractivity contribution in [3.05, 3.63) is 59.0 Å². The molecule has 0 spiro atoms. The molecule has 0 unspecified atom stereocenters. The molecule has 2 aromatic rings. The molecule has 0 bridgehead atoms. The van der Waals surface area contributed by atoms with Gasteiger partial charge in [-0.3, -0.25) is 24.1 Å². The van der Waals surface area contributed by atoms with E-state index in [0.717, 1.165) is 23.1 Å². The SMILES string of the molecule is CCCCOC(=O)CN1C(=O)S/C(=C\c2ccc(OCC(=O)Nc3ccccc3)c(OC)c2)C1=O. The van der Waals surface area contributed by atoms with E-state index in [9.17, 15) is 19.2 Å². The van der Waals surface area contributed by atoms with Gasteiger partial charge in [0.05, 0.1) is 18.6 Å². The molecule has 0 aliphatic carbocycles. The van der Waals surface area contributed by atoms with Crippen molar-refractivity contribution in [1.82, 2.24) is 4.90 Å². The number of thioether (sulfide) groups is 1. The lowest BCUT2D eigenvalue weighted by Gasteiger charge is -2.12. The Morgan fingerprint density at radius 3 is 2.57 bits per heavy atom. The van der Waals surface area contributed by atoms with E-state index in [4.69, 9.17) is 14.2 Å². The monoisotopic (exact) mass is 498 g/mol. The number of methoxy groups -OCH3 is 1. The van der Waals surface area contributed by atoms with Crippen molar-refractivity contribution < 1.29 is 33.4 Å². The first kappa shape index (κ1) is 25.8. The molecular weight excluding hydrogens is 472 g/mol. The number of anilines is 1. The smallest absolute Gasteiger partial charge is 0.326 e. The molecule has 3 amide bonds. The topological polar surface area (TPSA) is 111 Å². The summed E-state index contributed by atoms with van der Waals surface area (Å²) in [6.45, 7) is 1.57. The summed E-state index contributed by atoms with van der Waals surface area (Å²) in [6.07, 6.45) is 3.11. The van der Waals surface area contributed by atoms with Gasteiger partial charge >= 0.3 is 5.97 Å². The number of rotatable bonds is 11. The Labute approximate surface area is 207 Å². The number of hydrogen-bond acceptors (Lipinski definition) is 8. The summed E-state index contributed by atoms with van der Waals surface area (Å²) in [4.78, 5) is 50.0. The summed E-state index contributed by atoms with van der Waals surface area (Å²) in [6, 6.07) is 13.9. The average molecular weight is 499 g/mol. The first-order chi connectivity index (χ1) is 16.9. The Balaban J connectivity index is 1.62. The number of nitrogens with zero attached hydrogens (tertiary/aromatic N) is 1. The highest BCUT2D eigenvalue weighted by atomic mass is 32.2. The number of esters is 1. The summed E-state index contributed by atoms with van der Waals surface area (Å²) >= 11 is 0.745. The molecule has 0 aromatic heterocycles. The summed E-state index contributed by atoms with van der Waals surface area (Å²) in [5.41, 5.74) is 1.24. The number of carbonyl (C=O) groups is 4. The van der Waals surface area contributed by atoms with Crippen LogP contribution >= 0.6 is 11.8 Å². The van der Waals surface area contributed by atoms with Gasteiger partial charge in [0.25, 0.3) is 17.1 Å². The zero-order valence-electron chi connectivity index (χ0n) is 19.4. The van der Waals surface area contributed by atoms with Crippen LogP contribution < -0.4 is 14.8 Å². The summed E-state index contributed by atoms with van der Waals surface area (Å²) in [5.74, 6) is -0.823. The van der Waals surface area contributed by atoms with E-state index >= 15 is 0 Å². The maximum absolute atomic E-state index is 12.6. The fraction of sp³-hybridized carbons (Fsp3) is 0.280. The number of unbranched alkanes of at least 4 members (excludes halogenated alkanes) is 1. The standard InChI is InChI=1S/C25H26N2O7S/c1-3-4-12-33-23(29)15-27-24(30)21(35-25(27)31)14-17-10-11-19(20(13-17)32-2)34-16-22(28)26-18-8-6-5-7-9-18/h5-11,13-14H,3-4,12,15-16H2,1-2H3,(H,26,28)/b21-14-. The molecule has 1 aliphatic rings. The second kappa shape index (κ2) is 12.6. The van der Waals surface area contributed by atoms with E-state index in [2.05, 4.69) is 5.32 Å². The molecule has 1 heterocycles. The van der Waals surface area contributed by atoms with E-state index in [-0.39, 0.29) is 24.0 Å². The van der Waals surface area contributed by atoms with Crippen LogP contribution in [-0.2, 0) is 19.1 Å². The van der Waals surface area contributed by atoms with Crippen LogP contribution in [0.25, 0.3) is 6.08 Å². The van der Waals surface area contributed by atoms with Gasteiger partial charge in [0.2, 0.25) is 0 Å². The molecule has 1 N–H and O–H groups in total. The van der Waals surface area contributed by atoms with Crippen LogP contribution in [0.3, 0.4) is 0 Å². The van der Waals surface area contributed by atoms with Crippen LogP contribution in [0, 0.1) is 0 Å². The molecule has 0 saturated carbocycles. The van der Waals surface area contributed by atoms with Gasteiger partial charge in [0.15, 0.2) is 18.1 Å². The molecule has 1 aliphatic heterocycles. The number of ether oxygens (including phenoxy) is 3. The second-order valence-corrected chi connectivity index (χ2v) is 8.45. The van der Waals surface area contributed by atoms with E-state index in [0.29, 0.717) is 29.2 Å². The van der Waals surface area contributed by atoms with Gasteiger partial charge in [-0.05, 0) is 54.1 Å². The highest BCUT2D eigenvalue weighted by Gasteiger charge is 2.36. The fourth-order valence-electron chi connectivity index (χ4n) is 3.05. The van der Waals surface area contributed by atoms with Gasteiger partial charge in [0, 0.05) is 5.69 Å². The minimum atomic E-state index is -0.624. The number of para-hydroxylation sites is 1. The molecule has 0 radical (unpaired) electrons. The molecular formula is C25H26N2O7S. The maximum Gasteiger partial charge on any atom is 0.326 e. The molecule has 9 nitrogen and oxygen atoms in total. The first-order valence-electron chi connectivity index (χ1n) is 11.0. The van der Waals surface area contributed by atoms with Crippen molar-refractivity contribution in [3.8, 4) is 11.5 Å². The van der Waals surface area contributed by atoms with Gasteiger partial charge in [-0.1, -0.05) is 37.6 Å². The van der Waals surface area contributed by atoms with Gasteiger partial charge in [-0.25, -0.2) is 0 Å². The predicted octanol–water partition coefficient (Wildman–Crippen LogP) is 4.09. The predicted molar refractivity (Wildman–Crippen MR) is 132 cm³/mol. The molecule has 184 valence electrons. The highest BCUT2D eigenvalue weighted by molar-refractivity contribution is 8.18. The zero-order valence-corrected chi connectivity index (χ0v) is 20.3. The van der Waals surface area contributed by atoms with E-state index in [1.807, 2.05) is 25.1 Å². The Bertz CT molecular complexity index is 1120. The molecule has 1 saturated heterocycles. The molecule has 0 atom stereocenters. The number of benzene rings is 2. The molecule has 10 heteroatoms. The van der Waals surface area contributed by atoms with Crippen LogP contribution in [0.15, 0.2) is 53.4 Å². The third kappa shape index (κ3) is 7.35. The number of nitrogens with one attached hydrogen (secondary N) is 1. The third-order valence-electron chi connectivity index (χ3n) is 4.82. The molecule has 2 aromatic carbocycles. The van der Waals surface area contributed by atoms with Crippen molar-refractivity contribution >= 4 is 46.5 Å². The Morgan fingerprint density at radius 1 is 1.09 bits per heavy atom. The summed E-state index contributed by atoms with van der Waals surface area (Å²) in [5, 5.41) is 2.19. The molecule has 1 fully saturated rings. The van der Waals surface area contributed by atoms with Crippen molar-refractivity contribution in [2.24, 2.45) is 0 Å². The lowest BCUT2D eigenvalue weighted by Crippen LogP contribution is -2.34. The van der Waals surface area contributed by atoms with E-state index in [1.165, 1.54) is 13.2 Å². The third-order valence-corrected chi connectivity index (χ3v) is 5.73. The summed E-state index contributed by atoms with van der Waals surface area (Å²) in [7, 11) is 1.45. The Hall–Kier alpha value is -3.79. The van der Waals surface area contributed by atoms with Crippen LogP contribution in [-0.4, -0.2) is 54.8 Å². The Kier molecular flexibility index (Phi) is 9.31. The van der Waals surface area contributed by atoms with Gasteiger partial charge < -0.3 is 19.5 Å². The van der Waals surface area contributed by atoms with Crippen molar-refractivity contribution in [1.29, 1.82) is 0 Å². The highest BCUT2D eigenvalue weighted by Crippen LogP contribution is 2.34. The van der Waals surface area contributed by atoms with Crippen molar-refractivity contribution in [2.75, 3.05) is 32.2 Å². The van der Waals surface area contributed by atoms with Crippen molar-refractivity contribution in [2.45, 2.75) is 19.8 Å². The number of carbonyl (C=O) groups excluding carboxylic acids is 4. The number of amides is 3. The van der Waals surface area contributed by atoms with Crippen LogP contribution in [0.2, 0.25) is 0 Å². The van der Waals surface area contributed by atoms with Crippen LogP contribution in [0.4, 0.5) is 10.5 Å². The second-order valence-electron chi connectivity index (χ2n) is 7.46.